The summed E-state index contributed by atoms with van der Waals surface area (Å²) in [5, 5.41) is 0.998. The normalized spacial score (nSPS) is 15.9. The van der Waals surface area contributed by atoms with Crippen LogP contribution in [0.4, 0.5) is 0 Å². The van der Waals surface area contributed by atoms with Gasteiger partial charge in [-0.25, -0.2) is 0 Å². The number of hydrogen-bond acceptors (Lipinski definition) is 0. The molecule has 0 saturated heterocycles. The van der Waals surface area contributed by atoms with Gasteiger partial charge >= 0.3 is 0 Å². The Labute approximate surface area is 125 Å². The number of rotatable bonds is 2. The largest absolute Gasteiger partial charge is 0.192 e. The molecule has 0 bridgehead atoms. The molecule has 1 atom stereocenters. The highest BCUT2D eigenvalue weighted by molar-refractivity contribution is 6.67. The quantitative estimate of drug-likeness (QED) is 0.561. The van der Waals surface area contributed by atoms with Gasteiger partial charge in [0.05, 0.1) is 4.87 Å². The summed E-state index contributed by atoms with van der Waals surface area (Å²) in [6, 6.07) is 5.03. The van der Waals surface area contributed by atoms with Crippen molar-refractivity contribution in [3.63, 3.8) is 0 Å². The van der Waals surface area contributed by atoms with Crippen LogP contribution in [0.2, 0.25) is 10.0 Å². The molecule has 0 fully saturated rings. The molecule has 0 aliphatic heterocycles. The summed E-state index contributed by atoms with van der Waals surface area (Å²) >= 11 is 35.3. The average molecular weight is 341 g/mol. The molecule has 1 aromatic rings. The van der Waals surface area contributed by atoms with E-state index in [-0.39, 0.29) is 6.42 Å². The van der Waals surface area contributed by atoms with Crippen molar-refractivity contribution in [1.29, 1.82) is 0 Å². The highest BCUT2D eigenvalue weighted by atomic mass is 35.6. The van der Waals surface area contributed by atoms with Crippen LogP contribution in [-0.2, 0) is 4.87 Å². The summed E-state index contributed by atoms with van der Waals surface area (Å²) < 4.78 is -1.43. The Hall–Kier alpha value is 0.960. The van der Waals surface area contributed by atoms with Gasteiger partial charge in [0.1, 0.15) is 0 Å². The van der Waals surface area contributed by atoms with Gasteiger partial charge in [0.15, 0.2) is 3.79 Å². The Morgan fingerprint density at radius 3 is 1.75 bits per heavy atom. The first kappa shape index (κ1) is 15.0. The Bertz CT molecular complexity index is 359. The summed E-state index contributed by atoms with van der Waals surface area (Å²) in [7, 11) is 0. The van der Waals surface area contributed by atoms with E-state index in [0.717, 1.165) is 5.56 Å². The van der Waals surface area contributed by atoms with Gasteiger partial charge in [-0.15, -0.1) is 11.6 Å². The lowest BCUT2D eigenvalue weighted by molar-refractivity contribution is 0.619. The van der Waals surface area contributed by atoms with Crippen LogP contribution in [-0.4, -0.2) is 3.79 Å². The van der Waals surface area contributed by atoms with Crippen molar-refractivity contribution in [1.82, 2.24) is 0 Å². The molecule has 0 N–H and O–H groups in total. The fourth-order valence-corrected chi connectivity index (χ4v) is 3.18. The van der Waals surface area contributed by atoms with Crippen LogP contribution in [0.15, 0.2) is 18.2 Å². The van der Waals surface area contributed by atoms with E-state index in [9.17, 15) is 0 Å². The molecule has 0 amide bonds. The highest BCUT2D eigenvalue weighted by Crippen LogP contribution is 2.44. The van der Waals surface area contributed by atoms with Gasteiger partial charge in [0.2, 0.25) is 0 Å². The third-order valence-corrected chi connectivity index (χ3v) is 3.19. The van der Waals surface area contributed by atoms with Gasteiger partial charge in [-0.05, 0) is 30.7 Å². The van der Waals surface area contributed by atoms with Gasteiger partial charge in [-0.3, -0.25) is 0 Å². The standard InChI is InChI=1S/C10H8Cl6/c1-9(13,5-10(14,15)16)6-2-7(11)4-8(12)3-6/h2-4H,5H2,1H3. The summed E-state index contributed by atoms with van der Waals surface area (Å²) in [5.74, 6) is 0. The molecule has 1 rings (SSSR count). The molecular weight excluding hydrogens is 333 g/mol. The summed E-state index contributed by atoms with van der Waals surface area (Å²) in [6.45, 7) is 1.75. The van der Waals surface area contributed by atoms with Crippen molar-refractivity contribution in [3.05, 3.63) is 33.8 Å². The first-order chi connectivity index (χ1) is 7.10. The Morgan fingerprint density at radius 1 is 0.938 bits per heavy atom. The molecule has 0 radical (unpaired) electrons. The van der Waals surface area contributed by atoms with Gasteiger partial charge in [0.25, 0.3) is 0 Å². The number of alkyl halides is 4. The second-order valence-electron chi connectivity index (χ2n) is 3.65. The van der Waals surface area contributed by atoms with E-state index >= 15 is 0 Å². The second kappa shape index (κ2) is 5.30. The predicted octanol–water partition coefficient (Wildman–Crippen LogP) is 6.21. The van der Waals surface area contributed by atoms with Crippen LogP contribution in [0.25, 0.3) is 0 Å². The molecule has 1 aromatic carbocycles. The smallest absolute Gasteiger partial charge is 0.114 e. The van der Waals surface area contributed by atoms with E-state index < -0.39 is 8.67 Å². The Kier molecular flexibility index (Phi) is 4.98. The van der Waals surface area contributed by atoms with Crippen molar-refractivity contribution < 1.29 is 0 Å². The van der Waals surface area contributed by atoms with Crippen molar-refractivity contribution in [2.45, 2.75) is 22.0 Å². The van der Waals surface area contributed by atoms with Crippen LogP contribution in [0, 0.1) is 0 Å². The zero-order chi connectivity index (χ0) is 12.6. The molecule has 1 unspecified atom stereocenters. The van der Waals surface area contributed by atoms with Crippen molar-refractivity contribution >= 4 is 69.6 Å². The fraction of sp³-hybridized carbons (Fsp3) is 0.400. The molecule has 0 aliphatic rings. The van der Waals surface area contributed by atoms with Crippen molar-refractivity contribution in [2.75, 3.05) is 0 Å². The number of benzene rings is 1. The van der Waals surface area contributed by atoms with E-state index in [1.165, 1.54) is 0 Å². The topological polar surface area (TPSA) is 0 Å². The maximum Gasteiger partial charge on any atom is 0.192 e. The molecule has 90 valence electrons. The third kappa shape index (κ3) is 4.68. The highest BCUT2D eigenvalue weighted by Gasteiger charge is 2.34. The second-order valence-corrected chi connectivity index (χ2v) is 7.87. The Morgan fingerprint density at radius 2 is 1.38 bits per heavy atom. The summed E-state index contributed by atoms with van der Waals surface area (Å²) in [5.41, 5.74) is 0.720. The first-order valence-electron chi connectivity index (χ1n) is 4.32. The van der Waals surface area contributed by atoms with E-state index in [1.54, 1.807) is 25.1 Å². The van der Waals surface area contributed by atoms with E-state index in [1.807, 2.05) is 0 Å². The molecule has 0 aliphatic carbocycles. The lowest BCUT2D eigenvalue weighted by Gasteiger charge is -2.26. The zero-order valence-electron chi connectivity index (χ0n) is 8.21. The maximum atomic E-state index is 6.32. The molecule has 6 heteroatoms. The number of halogens is 6. The molecular formula is C10H8Cl6. The zero-order valence-corrected chi connectivity index (χ0v) is 12.7. The van der Waals surface area contributed by atoms with Gasteiger partial charge in [0, 0.05) is 16.5 Å². The maximum absolute atomic E-state index is 6.32. The van der Waals surface area contributed by atoms with Crippen molar-refractivity contribution in [3.8, 4) is 0 Å². The summed E-state index contributed by atoms with van der Waals surface area (Å²) in [4.78, 5) is -0.834. The Balaban J connectivity index is 3.06. The first-order valence-corrected chi connectivity index (χ1v) is 6.59. The lowest BCUT2D eigenvalue weighted by atomic mass is 9.97. The van der Waals surface area contributed by atoms with E-state index in [4.69, 9.17) is 69.6 Å². The van der Waals surface area contributed by atoms with Crippen molar-refractivity contribution in [2.24, 2.45) is 0 Å². The minimum Gasteiger partial charge on any atom is -0.114 e. The lowest BCUT2D eigenvalue weighted by Crippen LogP contribution is -2.21. The SMILES string of the molecule is CC(Cl)(CC(Cl)(Cl)Cl)c1cc(Cl)cc(Cl)c1. The van der Waals surface area contributed by atoms with E-state index in [2.05, 4.69) is 0 Å². The fourth-order valence-electron chi connectivity index (χ4n) is 1.33. The van der Waals surface area contributed by atoms with Crippen LogP contribution in [0.1, 0.15) is 18.9 Å². The monoisotopic (exact) mass is 338 g/mol. The van der Waals surface area contributed by atoms with Crippen LogP contribution < -0.4 is 0 Å². The summed E-state index contributed by atoms with van der Waals surface area (Å²) in [6.07, 6.45) is 0.156. The molecule has 16 heavy (non-hydrogen) atoms. The molecule has 0 spiro atoms. The molecule has 0 aromatic heterocycles. The van der Waals surface area contributed by atoms with Crippen LogP contribution >= 0.6 is 69.6 Å². The number of hydrogen-bond donors (Lipinski definition) is 0. The third-order valence-electron chi connectivity index (χ3n) is 2.00. The molecule has 0 heterocycles. The van der Waals surface area contributed by atoms with Gasteiger partial charge in [-0.1, -0.05) is 58.0 Å². The minimum atomic E-state index is -1.43. The van der Waals surface area contributed by atoms with Gasteiger partial charge in [-0.2, -0.15) is 0 Å². The minimum absolute atomic E-state index is 0.156. The predicted molar refractivity (Wildman–Crippen MR) is 74.6 cm³/mol. The van der Waals surface area contributed by atoms with Gasteiger partial charge < -0.3 is 0 Å². The molecule has 0 nitrogen and oxygen atoms in total. The van der Waals surface area contributed by atoms with Crippen LogP contribution in [0.5, 0.6) is 0 Å². The average Bonchev–Trinajstić information content (AvgIpc) is 1.96. The van der Waals surface area contributed by atoms with Crippen LogP contribution in [0.3, 0.4) is 0 Å². The van der Waals surface area contributed by atoms with E-state index in [0.29, 0.717) is 10.0 Å². The molecule has 0 saturated carbocycles.